The summed E-state index contributed by atoms with van der Waals surface area (Å²) in [6.07, 6.45) is -0.156. The fourth-order valence-corrected chi connectivity index (χ4v) is 4.25. The van der Waals surface area contributed by atoms with Crippen molar-refractivity contribution < 1.29 is 32.3 Å². The van der Waals surface area contributed by atoms with Gasteiger partial charge in [0.15, 0.2) is 12.1 Å². The maximum atomic E-state index is 13.4. The predicted octanol–water partition coefficient (Wildman–Crippen LogP) is 5.19. The third-order valence-corrected chi connectivity index (χ3v) is 6.24. The molecule has 1 aliphatic rings. The quantitative estimate of drug-likeness (QED) is 0.326. The molecule has 8 nitrogen and oxygen atoms in total. The minimum absolute atomic E-state index is 0.0280. The summed E-state index contributed by atoms with van der Waals surface area (Å²) in [6.45, 7) is 0.141. The Morgan fingerprint density at radius 3 is 2.18 bits per heavy atom. The smallest absolute Gasteiger partial charge is 0.411 e. The molecule has 198 valence electrons. The molecular formula is C29H23F2N3O5. The van der Waals surface area contributed by atoms with Crippen molar-refractivity contribution in [3.8, 4) is 0 Å². The number of amides is 3. The van der Waals surface area contributed by atoms with Gasteiger partial charge < -0.3 is 19.8 Å². The Hall–Kier alpha value is -4.99. The highest BCUT2D eigenvalue weighted by Gasteiger charge is 2.47. The molecule has 0 spiro atoms. The van der Waals surface area contributed by atoms with E-state index < -0.39 is 41.7 Å². The second kappa shape index (κ2) is 11.2. The van der Waals surface area contributed by atoms with Crippen LogP contribution in [0, 0.1) is 11.6 Å². The minimum atomic E-state index is -1.03. The van der Waals surface area contributed by atoms with E-state index >= 15 is 0 Å². The standard InChI is InChI=1S/C29H23F2N3O5/c30-21-9-3-18(4-10-21)17-34-25(28(36)32-16-24-2-1-15-38-24)26(39-29(34)37)19-7-13-23(14-8-19)33-27(35)20-5-11-22(31)12-6-20/h1-15,25-26H,16-17H2,(H,32,36)(H,33,35)/t25-,26-/m0/s1. The number of furan rings is 1. The van der Waals surface area contributed by atoms with Gasteiger partial charge in [-0.25, -0.2) is 13.6 Å². The van der Waals surface area contributed by atoms with Gasteiger partial charge in [0, 0.05) is 11.3 Å². The van der Waals surface area contributed by atoms with E-state index in [2.05, 4.69) is 10.6 Å². The number of anilines is 1. The molecule has 1 saturated heterocycles. The van der Waals surface area contributed by atoms with Gasteiger partial charge in [-0.3, -0.25) is 14.5 Å². The second-order valence-corrected chi connectivity index (χ2v) is 8.88. The molecule has 3 amide bonds. The summed E-state index contributed by atoms with van der Waals surface area (Å²) in [5, 5.41) is 5.50. The second-order valence-electron chi connectivity index (χ2n) is 8.88. The number of nitrogens with one attached hydrogen (secondary N) is 2. The molecule has 1 fully saturated rings. The van der Waals surface area contributed by atoms with Crippen LogP contribution in [0.3, 0.4) is 0 Å². The summed E-state index contributed by atoms with van der Waals surface area (Å²) in [4.78, 5) is 40.0. The fourth-order valence-electron chi connectivity index (χ4n) is 4.25. The van der Waals surface area contributed by atoms with Crippen molar-refractivity contribution in [3.05, 3.63) is 125 Å². The van der Waals surface area contributed by atoms with E-state index in [4.69, 9.17) is 9.15 Å². The largest absolute Gasteiger partial charge is 0.467 e. The van der Waals surface area contributed by atoms with E-state index in [1.54, 1.807) is 36.4 Å². The van der Waals surface area contributed by atoms with Crippen LogP contribution in [0.25, 0.3) is 0 Å². The van der Waals surface area contributed by atoms with Crippen molar-refractivity contribution in [2.75, 3.05) is 5.32 Å². The average Bonchev–Trinajstić information content (AvgIpc) is 3.57. The molecule has 10 heteroatoms. The first kappa shape index (κ1) is 25.7. The van der Waals surface area contributed by atoms with Gasteiger partial charge in [-0.2, -0.15) is 0 Å². The Morgan fingerprint density at radius 1 is 0.872 bits per heavy atom. The van der Waals surface area contributed by atoms with Crippen molar-refractivity contribution >= 4 is 23.6 Å². The molecule has 5 rings (SSSR count). The number of rotatable bonds is 8. The zero-order valence-corrected chi connectivity index (χ0v) is 20.5. The van der Waals surface area contributed by atoms with Crippen LogP contribution in [0.2, 0.25) is 0 Å². The molecule has 2 N–H and O–H groups in total. The number of ether oxygens (including phenoxy) is 1. The molecule has 1 aliphatic heterocycles. The lowest BCUT2D eigenvalue weighted by Gasteiger charge is -2.24. The SMILES string of the molecule is O=C(Nc1ccc([C@@H]2OC(=O)N(Cc3ccc(F)cc3)[C@@H]2C(=O)NCc2ccco2)cc1)c1ccc(F)cc1. The molecular weight excluding hydrogens is 508 g/mol. The van der Waals surface area contributed by atoms with Gasteiger partial charge in [-0.15, -0.1) is 0 Å². The molecule has 2 heterocycles. The molecule has 0 radical (unpaired) electrons. The van der Waals surface area contributed by atoms with Gasteiger partial charge >= 0.3 is 6.09 Å². The molecule has 0 bridgehead atoms. The molecule has 39 heavy (non-hydrogen) atoms. The average molecular weight is 532 g/mol. The van der Waals surface area contributed by atoms with Gasteiger partial charge in [0.05, 0.1) is 19.4 Å². The van der Waals surface area contributed by atoms with Crippen LogP contribution in [0.1, 0.15) is 33.3 Å². The van der Waals surface area contributed by atoms with Crippen LogP contribution < -0.4 is 10.6 Å². The molecule has 0 unspecified atom stereocenters. The van der Waals surface area contributed by atoms with Gasteiger partial charge in [-0.05, 0) is 71.8 Å². The lowest BCUT2D eigenvalue weighted by Crippen LogP contribution is -2.46. The first-order valence-corrected chi connectivity index (χ1v) is 12.1. The lowest BCUT2D eigenvalue weighted by atomic mass is 10.00. The third kappa shape index (κ3) is 5.96. The highest BCUT2D eigenvalue weighted by Crippen LogP contribution is 2.34. The molecule has 3 aromatic carbocycles. The maximum Gasteiger partial charge on any atom is 0.411 e. The molecule has 0 saturated carbocycles. The topological polar surface area (TPSA) is 101 Å². The van der Waals surface area contributed by atoms with Crippen molar-refractivity contribution in [3.63, 3.8) is 0 Å². The van der Waals surface area contributed by atoms with Crippen LogP contribution in [0.15, 0.2) is 95.6 Å². The van der Waals surface area contributed by atoms with E-state index in [0.29, 0.717) is 22.6 Å². The van der Waals surface area contributed by atoms with Crippen LogP contribution in [-0.2, 0) is 22.6 Å². The van der Waals surface area contributed by atoms with E-state index in [-0.39, 0.29) is 18.7 Å². The van der Waals surface area contributed by atoms with Gasteiger partial charge in [0.2, 0.25) is 5.91 Å². The monoisotopic (exact) mass is 531 g/mol. The minimum Gasteiger partial charge on any atom is -0.467 e. The number of carbonyl (C=O) groups is 3. The number of cyclic esters (lactones) is 1. The van der Waals surface area contributed by atoms with Crippen molar-refractivity contribution in [2.24, 2.45) is 0 Å². The predicted molar refractivity (Wildman–Crippen MR) is 136 cm³/mol. The van der Waals surface area contributed by atoms with Gasteiger partial charge in [0.1, 0.15) is 17.4 Å². The van der Waals surface area contributed by atoms with Gasteiger partial charge in [0.25, 0.3) is 5.91 Å². The normalized spacial score (nSPS) is 16.6. The maximum absolute atomic E-state index is 13.4. The summed E-state index contributed by atoms with van der Waals surface area (Å²) >= 11 is 0. The summed E-state index contributed by atoms with van der Waals surface area (Å²) < 4.78 is 37.5. The lowest BCUT2D eigenvalue weighted by molar-refractivity contribution is -0.126. The van der Waals surface area contributed by atoms with Crippen molar-refractivity contribution in [1.29, 1.82) is 0 Å². The Labute approximate surface area is 222 Å². The first-order valence-electron chi connectivity index (χ1n) is 12.1. The van der Waals surface area contributed by atoms with Crippen molar-refractivity contribution in [1.82, 2.24) is 10.2 Å². The summed E-state index contributed by atoms with van der Waals surface area (Å²) in [7, 11) is 0. The van der Waals surface area contributed by atoms with Crippen LogP contribution in [0.5, 0.6) is 0 Å². The summed E-state index contributed by atoms with van der Waals surface area (Å²) in [5.74, 6) is -1.21. The summed E-state index contributed by atoms with van der Waals surface area (Å²) in [6, 6.07) is 19.7. The number of nitrogens with zero attached hydrogens (tertiary/aromatic N) is 1. The number of benzene rings is 3. The Bertz CT molecular complexity index is 1460. The third-order valence-electron chi connectivity index (χ3n) is 6.24. The zero-order valence-electron chi connectivity index (χ0n) is 20.5. The highest BCUT2D eigenvalue weighted by atomic mass is 19.1. The van der Waals surface area contributed by atoms with E-state index in [9.17, 15) is 23.2 Å². The summed E-state index contributed by atoms with van der Waals surface area (Å²) in [5.41, 5.74) is 1.90. The van der Waals surface area contributed by atoms with Crippen LogP contribution >= 0.6 is 0 Å². The van der Waals surface area contributed by atoms with E-state index in [1.807, 2.05) is 0 Å². The molecule has 4 aromatic rings. The highest BCUT2D eigenvalue weighted by molar-refractivity contribution is 6.04. The molecule has 2 atom stereocenters. The number of halogens is 2. The fraction of sp³-hybridized carbons (Fsp3) is 0.138. The van der Waals surface area contributed by atoms with E-state index in [0.717, 1.165) is 0 Å². The number of carbonyl (C=O) groups excluding carboxylic acids is 3. The van der Waals surface area contributed by atoms with Crippen LogP contribution in [-0.4, -0.2) is 28.8 Å². The molecule has 0 aliphatic carbocycles. The molecule has 1 aromatic heterocycles. The van der Waals surface area contributed by atoms with Crippen molar-refractivity contribution in [2.45, 2.75) is 25.2 Å². The first-order chi connectivity index (χ1) is 18.9. The zero-order chi connectivity index (χ0) is 27.4. The van der Waals surface area contributed by atoms with E-state index in [1.165, 1.54) is 59.7 Å². The Balaban J connectivity index is 1.35. The number of hydrogen-bond acceptors (Lipinski definition) is 5. The van der Waals surface area contributed by atoms with Crippen LogP contribution in [0.4, 0.5) is 19.3 Å². The Kier molecular flexibility index (Phi) is 7.35. The number of hydrogen-bond donors (Lipinski definition) is 2. The van der Waals surface area contributed by atoms with Gasteiger partial charge in [-0.1, -0.05) is 24.3 Å². The Morgan fingerprint density at radius 2 is 1.54 bits per heavy atom.